The molecule has 2 aliphatic carbocycles. The number of ether oxygens (including phenoxy) is 2. The first-order valence-corrected chi connectivity index (χ1v) is 8.84. The maximum absolute atomic E-state index is 12.9. The van der Waals surface area contributed by atoms with Crippen molar-refractivity contribution in [1.82, 2.24) is 0 Å². The first-order chi connectivity index (χ1) is 12.6. The lowest BCUT2D eigenvalue weighted by molar-refractivity contribution is -0.150. The molecule has 6 rings (SSSR count). The maximum atomic E-state index is 12.9. The van der Waals surface area contributed by atoms with Gasteiger partial charge in [0, 0.05) is 29.2 Å². The molecule has 2 aliphatic heterocycles. The van der Waals surface area contributed by atoms with Crippen LogP contribution in [0, 0.1) is 23.7 Å². The zero-order valence-electron chi connectivity index (χ0n) is 13.8. The van der Waals surface area contributed by atoms with Crippen LogP contribution in [0.1, 0.15) is 17.5 Å². The molecule has 5 heteroatoms. The van der Waals surface area contributed by atoms with Crippen molar-refractivity contribution in [2.45, 2.75) is 12.0 Å². The van der Waals surface area contributed by atoms with Crippen molar-refractivity contribution in [3.05, 3.63) is 59.7 Å². The second kappa shape index (κ2) is 4.41. The minimum Gasteiger partial charge on any atom is -0.508 e. The normalized spacial score (nSPS) is 31.3. The van der Waals surface area contributed by atoms with Gasteiger partial charge >= 0.3 is 5.97 Å². The Labute approximate surface area is 149 Å². The molecule has 5 nitrogen and oxygen atoms in total. The number of aromatic hydroxyl groups is 2. The molecule has 2 aromatic rings. The summed E-state index contributed by atoms with van der Waals surface area (Å²) in [4.78, 5) is 12.9. The van der Waals surface area contributed by atoms with E-state index >= 15 is 0 Å². The van der Waals surface area contributed by atoms with E-state index in [4.69, 9.17) is 9.47 Å². The van der Waals surface area contributed by atoms with Crippen LogP contribution in [0.5, 0.6) is 23.0 Å². The lowest BCUT2D eigenvalue weighted by atomic mass is 9.67. The largest absolute Gasteiger partial charge is 0.508 e. The Kier molecular flexibility index (Phi) is 2.42. The van der Waals surface area contributed by atoms with Crippen molar-refractivity contribution in [2.75, 3.05) is 0 Å². The number of carbonyl (C=O) groups excluding carboxylic acids is 1. The SMILES string of the molecule is O=C1OC2(c3ccc(O)cc3Oc3cc(O)ccc32)C2C3C=CC(C3)C12. The van der Waals surface area contributed by atoms with E-state index in [-0.39, 0.29) is 41.1 Å². The summed E-state index contributed by atoms with van der Waals surface area (Å²) in [5, 5.41) is 19.8. The number of fused-ring (bicyclic) bond motifs is 10. The predicted octanol–water partition coefficient (Wildman–Crippen LogP) is 3.44. The predicted molar refractivity (Wildman–Crippen MR) is 90.9 cm³/mol. The highest BCUT2D eigenvalue weighted by atomic mass is 16.6. The van der Waals surface area contributed by atoms with Crippen LogP contribution < -0.4 is 4.74 Å². The molecule has 4 aliphatic rings. The van der Waals surface area contributed by atoms with Crippen LogP contribution in [0.15, 0.2) is 48.6 Å². The summed E-state index contributed by atoms with van der Waals surface area (Å²) < 4.78 is 12.1. The lowest BCUT2D eigenvalue weighted by Crippen LogP contribution is -2.40. The maximum Gasteiger partial charge on any atom is 0.311 e. The number of hydrogen-bond acceptors (Lipinski definition) is 5. The van der Waals surface area contributed by atoms with Gasteiger partial charge in [-0.2, -0.15) is 0 Å². The Hall–Kier alpha value is -2.95. The summed E-state index contributed by atoms with van der Waals surface area (Å²) >= 11 is 0. The van der Waals surface area contributed by atoms with E-state index in [2.05, 4.69) is 12.2 Å². The van der Waals surface area contributed by atoms with Gasteiger partial charge in [-0.3, -0.25) is 4.79 Å². The summed E-state index contributed by atoms with van der Waals surface area (Å²) in [6, 6.07) is 9.83. The van der Waals surface area contributed by atoms with Crippen molar-refractivity contribution >= 4 is 5.97 Å². The number of carbonyl (C=O) groups is 1. The van der Waals surface area contributed by atoms with Crippen molar-refractivity contribution in [3.8, 4) is 23.0 Å². The molecule has 2 bridgehead atoms. The third-order valence-electron chi connectivity index (χ3n) is 6.41. The van der Waals surface area contributed by atoms with Gasteiger partial charge in [-0.25, -0.2) is 0 Å². The molecule has 4 unspecified atom stereocenters. The third-order valence-corrected chi connectivity index (χ3v) is 6.41. The lowest BCUT2D eigenvalue weighted by Gasteiger charge is -2.41. The molecule has 1 spiro atoms. The molecule has 26 heavy (non-hydrogen) atoms. The molecule has 130 valence electrons. The van der Waals surface area contributed by atoms with Crippen LogP contribution >= 0.6 is 0 Å². The first-order valence-electron chi connectivity index (χ1n) is 8.84. The molecular formula is C21H16O5. The molecule has 0 amide bonds. The van der Waals surface area contributed by atoms with Crippen LogP contribution in [0.3, 0.4) is 0 Å². The van der Waals surface area contributed by atoms with Crippen molar-refractivity contribution in [2.24, 2.45) is 23.7 Å². The second-order valence-corrected chi connectivity index (χ2v) is 7.62. The van der Waals surface area contributed by atoms with E-state index in [1.807, 2.05) is 0 Å². The van der Waals surface area contributed by atoms with Gasteiger partial charge in [0.05, 0.1) is 5.92 Å². The number of esters is 1. The highest BCUT2D eigenvalue weighted by Crippen LogP contribution is 2.66. The molecule has 2 heterocycles. The van der Waals surface area contributed by atoms with E-state index in [0.29, 0.717) is 11.5 Å². The van der Waals surface area contributed by atoms with Crippen LogP contribution in [0.25, 0.3) is 0 Å². The van der Waals surface area contributed by atoms with Crippen LogP contribution in [0.2, 0.25) is 0 Å². The van der Waals surface area contributed by atoms with Gasteiger partial charge in [-0.15, -0.1) is 0 Å². The smallest absolute Gasteiger partial charge is 0.311 e. The van der Waals surface area contributed by atoms with Gasteiger partial charge in [0.2, 0.25) is 0 Å². The van der Waals surface area contributed by atoms with E-state index < -0.39 is 5.60 Å². The summed E-state index contributed by atoms with van der Waals surface area (Å²) in [5.74, 6) is 1.22. The zero-order chi connectivity index (χ0) is 17.6. The molecule has 0 aromatic heterocycles. The summed E-state index contributed by atoms with van der Waals surface area (Å²) in [7, 11) is 0. The monoisotopic (exact) mass is 348 g/mol. The number of rotatable bonds is 0. The van der Waals surface area contributed by atoms with E-state index in [0.717, 1.165) is 17.5 Å². The highest BCUT2D eigenvalue weighted by molar-refractivity contribution is 5.81. The second-order valence-electron chi connectivity index (χ2n) is 7.62. The molecule has 1 saturated carbocycles. The van der Waals surface area contributed by atoms with Gasteiger partial charge in [-0.05, 0) is 42.5 Å². The fraction of sp³-hybridized carbons (Fsp3) is 0.286. The number of benzene rings is 2. The molecule has 4 atom stereocenters. The third kappa shape index (κ3) is 1.50. The van der Waals surface area contributed by atoms with Crippen LogP contribution in [0.4, 0.5) is 0 Å². The molecule has 1 saturated heterocycles. The van der Waals surface area contributed by atoms with Gasteiger partial charge in [0.15, 0.2) is 5.60 Å². The highest BCUT2D eigenvalue weighted by Gasteiger charge is 2.68. The van der Waals surface area contributed by atoms with Crippen molar-refractivity contribution in [1.29, 1.82) is 0 Å². The molecule has 2 fully saturated rings. The Balaban J connectivity index is 1.68. The zero-order valence-corrected chi connectivity index (χ0v) is 13.8. The average molecular weight is 348 g/mol. The van der Waals surface area contributed by atoms with E-state index in [1.54, 1.807) is 24.3 Å². The molecule has 2 aromatic carbocycles. The standard InChI is InChI=1S/C21H16O5/c22-12-3-5-14-16(8-12)25-17-9-13(23)4-6-15(17)21(14)19-11-2-1-10(7-11)18(19)20(24)26-21/h1-6,8-11,18-19,22-23H,7H2. The van der Waals surface area contributed by atoms with Gasteiger partial charge in [0.25, 0.3) is 0 Å². The van der Waals surface area contributed by atoms with E-state index in [1.165, 1.54) is 12.1 Å². The Bertz CT molecular complexity index is 956. The number of phenolic OH excluding ortho intramolecular Hbond substituents is 2. The minimum absolute atomic E-state index is 0.0134. The number of allylic oxidation sites excluding steroid dienone is 2. The minimum atomic E-state index is -0.948. The molecule has 2 N–H and O–H groups in total. The first kappa shape index (κ1) is 14.2. The van der Waals surface area contributed by atoms with Crippen LogP contribution in [-0.4, -0.2) is 16.2 Å². The van der Waals surface area contributed by atoms with Gasteiger partial charge in [0.1, 0.15) is 23.0 Å². The summed E-state index contributed by atoms with van der Waals surface area (Å²) in [6.07, 6.45) is 5.31. The topological polar surface area (TPSA) is 76.0 Å². The Morgan fingerprint density at radius 2 is 1.54 bits per heavy atom. The van der Waals surface area contributed by atoms with Crippen molar-refractivity contribution in [3.63, 3.8) is 0 Å². The Morgan fingerprint density at radius 1 is 0.923 bits per heavy atom. The van der Waals surface area contributed by atoms with E-state index in [9.17, 15) is 15.0 Å². The molecule has 0 radical (unpaired) electrons. The van der Waals surface area contributed by atoms with Gasteiger partial charge < -0.3 is 19.7 Å². The fourth-order valence-electron chi connectivity index (χ4n) is 5.53. The average Bonchev–Trinajstić information content (AvgIpc) is 3.28. The summed E-state index contributed by atoms with van der Waals surface area (Å²) in [5.41, 5.74) is 0.571. The van der Waals surface area contributed by atoms with Gasteiger partial charge in [-0.1, -0.05) is 12.2 Å². The fourth-order valence-corrected chi connectivity index (χ4v) is 5.53. The molecular weight excluding hydrogens is 332 g/mol. The van der Waals surface area contributed by atoms with Crippen LogP contribution in [-0.2, 0) is 15.1 Å². The Morgan fingerprint density at radius 3 is 2.19 bits per heavy atom. The summed E-state index contributed by atoms with van der Waals surface area (Å²) in [6.45, 7) is 0. The number of phenols is 2. The number of hydrogen-bond donors (Lipinski definition) is 2. The quantitative estimate of drug-likeness (QED) is 0.563. The van der Waals surface area contributed by atoms with Crippen molar-refractivity contribution < 1.29 is 24.5 Å².